The summed E-state index contributed by atoms with van der Waals surface area (Å²) in [5, 5.41) is 9.79. The van der Waals surface area contributed by atoms with Crippen molar-refractivity contribution in [3.8, 4) is 5.88 Å². The molecule has 3 heterocycles. The number of likely N-dealkylation sites (N-methyl/N-ethyl adjacent to an activating group) is 1. The van der Waals surface area contributed by atoms with Gasteiger partial charge in [-0.2, -0.15) is 4.31 Å². The molecule has 4 rings (SSSR count). The number of carbonyl (C=O) groups is 1. The molecule has 0 bridgehead atoms. The van der Waals surface area contributed by atoms with Gasteiger partial charge >= 0.3 is 0 Å². The smallest absolute Gasteiger partial charge is 0.261 e. The number of rotatable bonds is 7. The molecule has 0 unspecified atom stereocenters. The lowest BCUT2D eigenvalue weighted by Gasteiger charge is -2.37. The summed E-state index contributed by atoms with van der Waals surface area (Å²) in [6, 6.07) is 1.39. The number of fused-ring (bicyclic) bond motifs is 1. The maximum absolute atomic E-state index is 13.5. The molecule has 10 nitrogen and oxygen atoms in total. The average molecular weight is 504 g/mol. The van der Waals surface area contributed by atoms with E-state index in [0.717, 1.165) is 30.4 Å². The van der Waals surface area contributed by atoms with Gasteiger partial charge < -0.3 is 19.3 Å². The van der Waals surface area contributed by atoms with Gasteiger partial charge in [-0.1, -0.05) is 13.0 Å². The van der Waals surface area contributed by atoms with Crippen LogP contribution in [-0.2, 0) is 17.1 Å². The highest BCUT2D eigenvalue weighted by Gasteiger charge is 2.36. The number of aliphatic hydroxyl groups excluding tert-OH is 1. The zero-order valence-electron chi connectivity index (χ0n) is 20.6. The second-order valence-electron chi connectivity index (χ2n) is 9.48. The molecule has 1 N–H and O–H groups in total. The fourth-order valence-corrected chi connectivity index (χ4v) is 5.60. The number of amides is 1. The van der Waals surface area contributed by atoms with Crippen molar-refractivity contribution in [2.24, 2.45) is 13.0 Å². The van der Waals surface area contributed by atoms with Gasteiger partial charge in [-0.05, 0) is 43.4 Å². The first-order chi connectivity index (χ1) is 16.6. The number of hydrogen-bond donors (Lipinski definition) is 1. The predicted molar refractivity (Wildman–Crippen MR) is 130 cm³/mol. The molecule has 0 radical (unpaired) electrons. The number of aryl methyl sites for hydroxylation is 1. The number of ether oxygens (including phenoxy) is 1. The molecule has 11 heteroatoms. The molecule has 35 heavy (non-hydrogen) atoms. The largest absolute Gasteiger partial charge is 0.472 e. The number of nitrogens with zero attached hydrogens (tertiary/aromatic N) is 5. The van der Waals surface area contributed by atoms with Gasteiger partial charge in [0.05, 0.1) is 25.5 Å². The Hall–Kier alpha value is -2.76. The average Bonchev–Trinajstić information content (AvgIpc) is 3.53. The van der Waals surface area contributed by atoms with Crippen molar-refractivity contribution in [1.82, 2.24) is 23.7 Å². The van der Waals surface area contributed by atoms with Crippen LogP contribution in [0.15, 0.2) is 35.9 Å². The van der Waals surface area contributed by atoms with Gasteiger partial charge in [-0.3, -0.25) is 4.79 Å². The van der Waals surface area contributed by atoms with Gasteiger partial charge in [0.25, 0.3) is 15.9 Å². The highest BCUT2D eigenvalue weighted by atomic mass is 32.2. The fourth-order valence-electron chi connectivity index (χ4n) is 4.46. The number of allylic oxidation sites excluding steroid dienone is 2. The minimum absolute atomic E-state index is 0.0419. The van der Waals surface area contributed by atoms with E-state index < -0.39 is 22.2 Å². The van der Waals surface area contributed by atoms with Gasteiger partial charge in [-0.15, -0.1) is 0 Å². The van der Waals surface area contributed by atoms with E-state index >= 15 is 0 Å². The third kappa shape index (κ3) is 5.12. The summed E-state index contributed by atoms with van der Waals surface area (Å²) in [6.45, 7) is 3.85. The maximum atomic E-state index is 13.5. The lowest BCUT2D eigenvalue weighted by molar-refractivity contribution is 0.0373. The first kappa shape index (κ1) is 25.3. The number of aliphatic hydroxyl groups is 1. The number of imidazole rings is 1. The Morgan fingerprint density at radius 1 is 1.34 bits per heavy atom. The van der Waals surface area contributed by atoms with Crippen molar-refractivity contribution in [3.05, 3.63) is 42.0 Å². The molecule has 1 aliphatic carbocycles. The highest BCUT2D eigenvalue weighted by Crippen LogP contribution is 2.32. The van der Waals surface area contributed by atoms with Crippen molar-refractivity contribution >= 4 is 21.5 Å². The maximum Gasteiger partial charge on any atom is 0.261 e. The van der Waals surface area contributed by atoms with Crippen LogP contribution in [0.4, 0.5) is 0 Å². The van der Waals surface area contributed by atoms with E-state index in [1.165, 1.54) is 23.9 Å². The number of aromatic nitrogens is 3. The van der Waals surface area contributed by atoms with Crippen LogP contribution in [0, 0.1) is 5.92 Å². The second kappa shape index (κ2) is 10.1. The van der Waals surface area contributed by atoms with Crippen LogP contribution in [0.2, 0.25) is 0 Å². The zero-order chi connectivity index (χ0) is 25.3. The molecule has 0 aromatic carbocycles. The topological polar surface area (TPSA) is 118 Å². The molecule has 1 aliphatic heterocycles. The van der Waals surface area contributed by atoms with Crippen LogP contribution < -0.4 is 4.74 Å². The normalized spacial score (nSPS) is 21.8. The van der Waals surface area contributed by atoms with Gasteiger partial charge in [0.15, 0.2) is 5.03 Å². The fraction of sp³-hybridized carbons (Fsp3) is 0.542. The first-order valence-electron chi connectivity index (χ1n) is 11.8. The number of sulfonamides is 1. The lowest BCUT2D eigenvalue weighted by atomic mass is 9.99. The molecule has 0 saturated heterocycles. The van der Waals surface area contributed by atoms with E-state index in [-0.39, 0.29) is 35.9 Å². The molecule has 2 aliphatic rings. The summed E-state index contributed by atoms with van der Waals surface area (Å²) in [4.78, 5) is 23.6. The van der Waals surface area contributed by atoms with Crippen molar-refractivity contribution in [1.29, 1.82) is 0 Å². The summed E-state index contributed by atoms with van der Waals surface area (Å²) in [5.41, 5.74) is 2.36. The van der Waals surface area contributed by atoms with Crippen molar-refractivity contribution in [2.75, 3.05) is 26.7 Å². The Kier molecular flexibility index (Phi) is 7.30. The van der Waals surface area contributed by atoms with Crippen LogP contribution >= 0.6 is 0 Å². The van der Waals surface area contributed by atoms with Gasteiger partial charge in [0.2, 0.25) is 5.88 Å². The van der Waals surface area contributed by atoms with Crippen molar-refractivity contribution < 1.29 is 23.1 Å². The SMILES string of the molecule is C[C@H]1CN([C@@H](C)CO)C(=O)c2cc(C3=CCCC3)cnc2O[C@H]1CN(C)S(=O)(=O)c1cn(C)cn1. The monoisotopic (exact) mass is 503 g/mol. The summed E-state index contributed by atoms with van der Waals surface area (Å²) in [7, 11) is -0.634. The third-order valence-electron chi connectivity index (χ3n) is 6.73. The summed E-state index contributed by atoms with van der Waals surface area (Å²) in [6.07, 6.45) is 9.18. The Morgan fingerprint density at radius 2 is 2.11 bits per heavy atom. The predicted octanol–water partition coefficient (Wildman–Crippen LogP) is 1.92. The van der Waals surface area contributed by atoms with E-state index in [0.29, 0.717) is 12.1 Å². The summed E-state index contributed by atoms with van der Waals surface area (Å²) >= 11 is 0. The standard InChI is InChI=1S/C24H33N5O5S/c1-16-11-29(17(2)14-30)24(31)20-9-19(18-7-5-6-8-18)10-25-23(20)34-21(16)12-28(4)35(32,33)22-13-27(3)15-26-22/h7,9-10,13,15-17,21,30H,5-6,8,11-12,14H2,1-4H3/t16-,17-,21-/m0/s1. The summed E-state index contributed by atoms with van der Waals surface area (Å²) < 4.78 is 35.2. The molecule has 2 aromatic rings. The van der Waals surface area contributed by atoms with Gasteiger partial charge in [0, 0.05) is 39.0 Å². The molecule has 190 valence electrons. The molecule has 1 amide bonds. The minimum Gasteiger partial charge on any atom is -0.472 e. The highest BCUT2D eigenvalue weighted by molar-refractivity contribution is 7.89. The Morgan fingerprint density at radius 3 is 2.74 bits per heavy atom. The second-order valence-corrected chi connectivity index (χ2v) is 11.5. The van der Waals surface area contributed by atoms with Gasteiger partial charge in [0.1, 0.15) is 11.7 Å². The van der Waals surface area contributed by atoms with Crippen LogP contribution in [0.25, 0.3) is 5.57 Å². The Bertz CT molecular complexity index is 1220. The minimum atomic E-state index is -3.83. The number of hydrogen-bond acceptors (Lipinski definition) is 7. The molecular formula is C24H33N5O5S. The van der Waals surface area contributed by atoms with Crippen LogP contribution in [0.3, 0.4) is 0 Å². The lowest BCUT2D eigenvalue weighted by Crippen LogP contribution is -2.50. The molecule has 3 atom stereocenters. The molecule has 0 fully saturated rings. The molecule has 0 saturated carbocycles. The molecular weight excluding hydrogens is 470 g/mol. The number of carbonyl (C=O) groups excluding carboxylic acids is 1. The Labute approximate surface area is 206 Å². The van der Waals surface area contributed by atoms with E-state index in [1.807, 2.05) is 6.92 Å². The van der Waals surface area contributed by atoms with E-state index in [1.54, 1.807) is 35.7 Å². The van der Waals surface area contributed by atoms with Crippen molar-refractivity contribution in [3.63, 3.8) is 0 Å². The van der Waals surface area contributed by atoms with Gasteiger partial charge in [-0.25, -0.2) is 18.4 Å². The quantitative estimate of drug-likeness (QED) is 0.613. The van der Waals surface area contributed by atoms with E-state index in [9.17, 15) is 18.3 Å². The number of pyridine rings is 1. The van der Waals surface area contributed by atoms with Crippen LogP contribution in [0.1, 0.15) is 49.0 Å². The molecule has 0 spiro atoms. The summed E-state index contributed by atoms with van der Waals surface area (Å²) in [5.74, 6) is -0.316. The van der Waals surface area contributed by atoms with Crippen LogP contribution in [0.5, 0.6) is 5.88 Å². The first-order valence-corrected chi connectivity index (χ1v) is 13.3. The molecule has 2 aromatic heterocycles. The van der Waals surface area contributed by atoms with E-state index in [4.69, 9.17) is 4.74 Å². The Balaban J connectivity index is 1.68. The van der Waals surface area contributed by atoms with E-state index in [2.05, 4.69) is 16.0 Å². The zero-order valence-corrected chi connectivity index (χ0v) is 21.4. The van der Waals surface area contributed by atoms with Crippen molar-refractivity contribution in [2.45, 2.75) is 50.3 Å². The van der Waals surface area contributed by atoms with Crippen LogP contribution in [-0.4, -0.2) is 82.1 Å². The third-order valence-corrected chi connectivity index (χ3v) is 8.43.